The molecule has 3 heteroatoms. The Balaban J connectivity index is 2.35. The van der Waals surface area contributed by atoms with Crippen LogP contribution < -0.4 is 0 Å². The van der Waals surface area contributed by atoms with Gasteiger partial charge in [0.2, 0.25) is 0 Å². The van der Waals surface area contributed by atoms with Gasteiger partial charge >= 0.3 is 0 Å². The maximum Gasteiger partial charge on any atom is 0.191 e. The Morgan fingerprint density at radius 3 is 2.39 bits per heavy atom. The molecular weight excluding hydrogens is 300 g/mol. The third-order valence-corrected chi connectivity index (χ3v) is 9.24. The maximum atomic E-state index is 6.24. The fourth-order valence-electron chi connectivity index (χ4n) is 2.10. The normalized spacial score (nSPS) is 13.8. The highest BCUT2D eigenvalue weighted by molar-refractivity contribution is 6.74. The Morgan fingerprint density at radius 1 is 1.17 bits per heavy atom. The van der Waals surface area contributed by atoms with Crippen molar-refractivity contribution < 1.29 is 9.16 Å². The lowest BCUT2D eigenvalue weighted by atomic mass is 10.1. The molecule has 2 nitrogen and oxygen atoms in total. The first-order chi connectivity index (χ1) is 10.8. The molecule has 0 saturated carbocycles. The second-order valence-electron chi connectivity index (χ2n) is 7.69. The van der Waals surface area contributed by atoms with E-state index in [1.54, 1.807) is 0 Å². The Labute approximate surface area is 144 Å². The summed E-state index contributed by atoms with van der Waals surface area (Å²) in [5.74, 6) is 0. The standard InChI is InChI=1S/C20H34O2Si/c1-7-12-19(21-17-18-13-9-8-10-14-18)15-11-16-22-23(5,6)20(2,3)4/h7-10,13-14,19H,1,11-12,15-17H2,2-6H3/t19-/m1/s1. The average molecular weight is 335 g/mol. The van der Waals surface area contributed by atoms with Crippen molar-refractivity contribution in [2.75, 3.05) is 6.61 Å². The van der Waals surface area contributed by atoms with Crippen molar-refractivity contribution in [1.29, 1.82) is 0 Å². The molecule has 1 atom stereocenters. The van der Waals surface area contributed by atoms with E-state index in [2.05, 4.69) is 52.6 Å². The molecule has 0 aliphatic rings. The lowest BCUT2D eigenvalue weighted by molar-refractivity contribution is 0.0331. The van der Waals surface area contributed by atoms with Gasteiger partial charge in [0.1, 0.15) is 0 Å². The third kappa shape index (κ3) is 7.47. The summed E-state index contributed by atoms with van der Waals surface area (Å²) in [6.45, 7) is 16.8. The predicted molar refractivity (Wildman–Crippen MR) is 102 cm³/mol. The van der Waals surface area contributed by atoms with Gasteiger partial charge in [0.15, 0.2) is 8.32 Å². The Hall–Kier alpha value is -0.903. The molecule has 0 N–H and O–H groups in total. The first-order valence-electron chi connectivity index (χ1n) is 8.66. The number of hydrogen-bond donors (Lipinski definition) is 0. The summed E-state index contributed by atoms with van der Waals surface area (Å²) in [5, 5.41) is 0.275. The number of ether oxygens (including phenoxy) is 1. The van der Waals surface area contributed by atoms with Crippen molar-refractivity contribution in [3.05, 3.63) is 48.6 Å². The highest BCUT2D eigenvalue weighted by Gasteiger charge is 2.36. The van der Waals surface area contributed by atoms with Gasteiger partial charge in [-0.25, -0.2) is 0 Å². The summed E-state index contributed by atoms with van der Waals surface area (Å²) in [7, 11) is -1.63. The smallest absolute Gasteiger partial charge is 0.191 e. The average Bonchev–Trinajstić information content (AvgIpc) is 2.49. The minimum atomic E-state index is -1.63. The molecule has 0 spiro atoms. The summed E-state index contributed by atoms with van der Waals surface area (Å²) in [6, 6.07) is 10.3. The first-order valence-corrected chi connectivity index (χ1v) is 11.6. The van der Waals surface area contributed by atoms with Gasteiger partial charge in [0.05, 0.1) is 12.7 Å². The fourth-order valence-corrected chi connectivity index (χ4v) is 3.19. The van der Waals surface area contributed by atoms with E-state index in [-0.39, 0.29) is 11.1 Å². The van der Waals surface area contributed by atoms with Gasteiger partial charge in [0, 0.05) is 6.61 Å². The van der Waals surface area contributed by atoms with Crippen LogP contribution in [-0.4, -0.2) is 21.0 Å². The summed E-state index contributed by atoms with van der Waals surface area (Å²) in [5.41, 5.74) is 1.22. The van der Waals surface area contributed by atoms with E-state index in [1.165, 1.54) is 5.56 Å². The quantitative estimate of drug-likeness (QED) is 0.299. The molecule has 1 aromatic rings. The second kappa shape index (κ2) is 9.41. The molecule has 0 amide bonds. The monoisotopic (exact) mass is 334 g/mol. The van der Waals surface area contributed by atoms with E-state index in [9.17, 15) is 0 Å². The maximum absolute atomic E-state index is 6.24. The Kier molecular flexibility index (Phi) is 8.24. The SMILES string of the molecule is C=CC[C@H](CCCO[Si](C)(C)C(C)(C)C)OCc1ccccc1. The van der Waals surface area contributed by atoms with Crippen molar-refractivity contribution in [3.8, 4) is 0 Å². The molecule has 0 radical (unpaired) electrons. The van der Waals surface area contributed by atoms with Crippen molar-refractivity contribution >= 4 is 8.32 Å². The molecule has 0 unspecified atom stereocenters. The molecule has 1 rings (SSSR count). The van der Waals surface area contributed by atoms with Crippen LogP contribution in [0.25, 0.3) is 0 Å². The van der Waals surface area contributed by atoms with Gasteiger partial charge in [-0.3, -0.25) is 0 Å². The zero-order chi connectivity index (χ0) is 17.3. The highest BCUT2D eigenvalue weighted by Crippen LogP contribution is 2.36. The van der Waals surface area contributed by atoms with Crippen LogP contribution in [0.15, 0.2) is 43.0 Å². The second-order valence-corrected chi connectivity index (χ2v) is 12.5. The lowest BCUT2D eigenvalue weighted by Crippen LogP contribution is -2.41. The zero-order valence-corrected chi connectivity index (χ0v) is 16.6. The van der Waals surface area contributed by atoms with Gasteiger partial charge in [-0.05, 0) is 43.0 Å². The van der Waals surface area contributed by atoms with E-state index in [0.717, 1.165) is 25.9 Å². The van der Waals surface area contributed by atoms with Gasteiger partial charge < -0.3 is 9.16 Å². The fraction of sp³-hybridized carbons (Fsp3) is 0.600. The van der Waals surface area contributed by atoms with Gasteiger partial charge in [-0.15, -0.1) is 6.58 Å². The van der Waals surface area contributed by atoms with Crippen LogP contribution in [0.4, 0.5) is 0 Å². The molecule has 0 heterocycles. The van der Waals surface area contributed by atoms with Crippen molar-refractivity contribution in [2.24, 2.45) is 0 Å². The topological polar surface area (TPSA) is 18.5 Å². The van der Waals surface area contributed by atoms with Crippen LogP contribution in [-0.2, 0) is 15.8 Å². The third-order valence-electron chi connectivity index (χ3n) is 4.70. The van der Waals surface area contributed by atoms with Crippen LogP contribution in [0.3, 0.4) is 0 Å². The molecule has 130 valence electrons. The number of benzene rings is 1. The van der Waals surface area contributed by atoms with Gasteiger partial charge in [0.25, 0.3) is 0 Å². The molecule has 0 bridgehead atoms. The highest BCUT2D eigenvalue weighted by atomic mass is 28.4. The minimum absolute atomic E-state index is 0.232. The van der Waals surface area contributed by atoms with Crippen molar-refractivity contribution in [1.82, 2.24) is 0 Å². The summed E-state index contributed by atoms with van der Waals surface area (Å²) in [6.07, 6.45) is 5.14. The molecule has 0 fully saturated rings. The van der Waals surface area contributed by atoms with Crippen molar-refractivity contribution in [2.45, 2.75) is 70.9 Å². The predicted octanol–water partition coefficient (Wildman–Crippen LogP) is 5.95. The van der Waals surface area contributed by atoms with E-state index in [4.69, 9.17) is 9.16 Å². The first kappa shape index (κ1) is 20.1. The molecule has 0 aliphatic heterocycles. The van der Waals surface area contributed by atoms with Crippen LogP contribution >= 0.6 is 0 Å². The van der Waals surface area contributed by atoms with E-state index in [0.29, 0.717) is 6.61 Å². The van der Waals surface area contributed by atoms with Crippen LogP contribution in [0, 0.1) is 0 Å². The Bertz CT molecular complexity index is 448. The van der Waals surface area contributed by atoms with Crippen LogP contribution in [0.1, 0.15) is 45.6 Å². The van der Waals surface area contributed by atoms with Crippen LogP contribution in [0.5, 0.6) is 0 Å². The van der Waals surface area contributed by atoms with Crippen molar-refractivity contribution in [3.63, 3.8) is 0 Å². The molecule has 0 aliphatic carbocycles. The minimum Gasteiger partial charge on any atom is -0.417 e. The van der Waals surface area contributed by atoms with E-state index in [1.807, 2.05) is 24.3 Å². The van der Waals surface area contributed by atoms with E-state index >= 15 is 0 Å². The van der Waals surface area contributed by atoms with Crippen LogP contribution in [0.2, 0.25) is 18.1 Å². The zero-order valence-electron chi connectivity index (χ0n) is 15.6. The lowest BCUT2D eigenvalue weighted by Gasteiger charge is -2.36. The van der Waals surface area contributed by atoms with Gasteiger partial charge in [-0.1, -0.05) is 57.2 Å². The van der Waals surface area contributed by atoms with Gasteiger partial charge in [-0.2, -0.15) is 0 Å². The van der Waals surface area contributed by atoms with E-state index < -0.39 is 8.32 Å². The molecule has 0 saturated heterocycles. The largest absolute Gasteiger partial charge is 0.417 e. The molecule has 0 aromatic heterocycles. The number of rotatable bonds is 10. The molecule has 23 heavy (non-hydrogen) atoms. The summed E-state index contributed by atoms with van der Waals surface area (Å²) < 4.78 is 12.3. The number of hydrogen-bond acceptors (Lipinski definition) is 2. The summed E-state index contributed by atoms with van der Waals surface area (Å²) >= 11 is 0. The Morgan fingerprint density at radius 2 is 1.83 bits per heavy atom. The summed E-state index contributed by atoms with van der Waals surface area (Å²) in [4.78, 5) is 0. The molecule has 1 aromatic carbocycles. The molecular formula is C20H34O2Si.